The highest BCUT2D eigenvalue weighted by Gasteiger charge is 2.38. The van der Waals surface area contributed by atoms with Gasteiger partial charge in [-0.15, -0.1) is 0 Å². The summed E-state index contributed by atoms with van der Waals surface area (Å²) in [4.78, 5) is 19.5. The Bertz CT molecular complexity index is 1290. The average Bonchev–Trinajstić information content (AvgIpc) is 3.25. The van der Waals surface area contributed by atoms with Gasteiger partial charge in [-0.25, -0.2) is 0 Å². The van der Waals surface area contributed by atoms with Gasteiger partial charge in [0.2, 0.25) is 0 Å². The van der Waals surface area contributed by atoms with Crippen LogP contribution in [0.1, 0.15) is 22.3 Å². The summed E-state index contributed by atoms with van der Waals surface area (Å²) in [6, 6.07) is 5.93. The molecule has 2 fully saturated rings. The number of morpholine rings is 1. The standard InChI is InChI=1S/C26H25F6N3O4S/c1-37-21-12-16(13-22-23(36)34-24(40-22)33-6-7-35-8-10-38-11-9-35)2-5-20(21)39-15-17-3-4-18(25(27,28)29)14-19(17)26(30,31)32/h2-5,12-14H,6-11,15H2,1H3,(H,33,34,36)/b22-13-. The van der Waals surface area contributed by atoms with Crippen molar-refractivity contribution in [3.8, 4) is 11.5 Å². The van der Waals surface area contributed by atoms with Gasteiger partial charge in [-0.2, -0.15) is 26.3 Å². The number of benzene rings is 2. The smallest absolute Gasteiger partial charge is 0.416 e. The van der Waals surface area contributed by atoms with Crippen LogP contribution >= 0.6 is 11.8 Å². The van der Waals surface area contributed by atoms with Crippen LogP contribution in [0.5, 0.6) is 11.5 Å². The van der Waals surface area contributed by atoms with Gasteiger partial charge in [-0.1, -0.05) is 12.1 Å². The van der Waals surface area contributed by atoms with Crippen molar-refractivity contribution in [2.45, 2.75) is 19.0 Å². The number of rotatable bonds is 8. The molecule has 4 rings (SSSR count). The van der Waals surface area contributed by atoms with Gasteiger partial charge in [-0.3, -0.25) is 14.7 Å². The van der Waals surface area contributed by atoms with Crippen molar-refractivity contribution in [2.75, 3.05) is 46.5 Å². The Labute approximate surface area is 230 Å². The molecule has 0 aliphatic carbocycles. The maximum Gasteiger partial charge on any atom is 0.416 e. The van der Waals surface area contributed by atoms with Gasteiger partial charge in [0, 0.05) is 25.2 Å². The zero-order valence-corrected chi connectivity index (χ0v) is 22.0. The summed E-state index contributed by atoms with van der Waals surface area (Å²) in [6.45, 7) is 3.67. The first-order valence-electron chi connectivity index (χ1n) is 12.1. The Kier molecular flexibility index (Phi) is 9.31. The van der Waals surface area contributed by atoms with Gasteiger partial charge in [0.05, 0.1) is 42.9 Å². The SMILES string of the molecule is COc1cc(/C=C2\SC(=NCCN3CCOCC3)NC2=O)ccc1OCc1ccc(C(F)(F)F)cc1C(F)(F)F. The first kappa shape index (κ1) is 29.7. The molecule has 7 nitrogen and oxygen atoms in total. The van der Waals surface area contributed by atoms with Gasteiger partial charge in [0.1, 0.15) is 6.61 Å². The van der Waals surface area contributed by atoms with Crippen LogP contribution in [0.15, 0.2) is 46.3 Å². The molecule has 2 heterocycles. The molecule has 0 saturated carbocycles. The van der Waals surface area contributed by atoms with Gasteiger partial charge in [0.15, 0.2) is 16.7 Å². The number of hydrogen-bond donors (Lipinski definition) is 1. The molecule has 1 amide bonds. The Morgan fingerprint density at radius 2 is 1.80 bits per heavy atom. The summed E-state index contributed by atoms with van der Waals surface area (Å²) in [5.41, 5.74) is -2.75. The van der Waals surface area contributed by atoms with E-state index in [1.807, 2.05) is 0 Å². The third kappa shape index (κ3) is 7.70. The van der Waals surface area contributed by atoms with Crippen LogP contribution in [0.2, 0.25) is 0 Å². The minimum atomic E-state index is -5.01. The number of methoxy groups -OCH3 is 1. The largest absolute Gasteiger partial charge is 0.493 e. The van der Waals surface area contributed by atoms with Crippen LogP contribution in [0, 0.1) is 0 Å². The summed E-state index contributed by atoms with van der Waals surface area (Å²) in [5, 5.41) is 3.20. The van der Waals surface area contributed by atoms with Crippen LogP contribution in [0.25, 0.3) is 6.08 Å². The van der Waals surface area contributed by atoms with Crippen molar-refractivity contribution in [1.29, 1.82) is 0 Å². The summed E-state index contributed by atoms with van der Waals surface area (Å²) in [5.74, 6) is -0.0828. The topological polar surface area (TPSA) is 72.4 Å². The molecule has 2 aromatic carbocycles. The second kappa shape index (κ2) is 12.5. The second-order valence-electron chi connectivity index (χ2n) is 8.77. The molecule has 14 heteroatoms. The average molecular weight is 590 g/mol. The number of thioether (sulfide) groups is 1. The van der Waals surface area contributed by atoms with Crippen molar-refractivity contribution < 1.29 is 45.3 Å². The highest BCUT2D eigenvalue weighted by Crippen LogP contribution is 2.38. The van der Waals surface area contributed by atoms with E-state index in [9.17, 15) is 31.1 Å². The molecule has 0 spiro atoms. The van der Waals surface area contributed by atoms with E-state index in [1.54, 1.807) is 12.1 Å². The summed E-state index contributed by atoms with van der Waals surface area (Å²) in [7, 11) is 1.33. The highest BCUT2D eigenvalue weighted by molar-refractivity contribution is 8.18. The minimum absolute atomic E-state index is 0.0652. The van der Waals surface area contributed by atoms with Crippen molar-refractivity contribution >= 4 is 28.9 Å². The number of nitrogens with zero attached hydrogens (tertiary/aromatic N) is 2. The lowest BCUT2D eigenvalue weighted by atomic mass is 10.0. The molecule has 0 unspecified atom stereocenters. The van der Waals surface area contributed by atoms with E-state index in [0.29, 0.717) is 41.5 Å². The van der Waals surface area contributed by atoms with Gasteiger partial charge in [0.25, 0.3) is 5.91 Å². The molecule has 2 aliphatic heterocycles. The van der Waals surface area contributed by atoms with Crippen molar-refractivity contribution in [3.05, 3.63) is 63.6 Å². The zero-order chi connectivity index (χ0) is 28.9. The molecule has 40 heavy (non-hydrogen) atoms. The number of carbonyl (C=O) groups excluding carboxylic acids is 1. The number of ether oxygens (including phenoxy) is 3. The number of carbonyl (C=O) groups is 1. The Balaban J connectivity index is 1.43. The lowest BCUT2D eigenvalue weighted by Gasteiger charge is -2.25. The van der Waals surface area contributed by atoms with Crippen LogP contribution in [0.4, 0.5) is 26.3 Å². The van der Waals surface area contributed by atoms with E-state index in [-0.39, 0.29) is 23.5 Å². The molecule has 0 radical (unpaired) electrons. The maximum absolute atomic E-state index is 13.4. The highest BCUT2D eigenvalue weighted by atomic mass is 32.2. The molecule has 0 atom stereocenters. The van der Waals surface area contributed by atoms with E-state index in [0.717, 1.165) is 25.7 Å². The molecule has 2 aromatic rings. The summed E-state index contributed by atoms with van der Waals surface area (Å²) < 4.78 is 95.2. The fourth-order valence-electron chi connectivity index (χ4n) is 3.96. The van der Waals surface area contributed by atoms with Crippen LogP contribution in [-0.4, -0.2) is 62.5 Å². The fourth-order valence-corrected chi connectivity index (χ4v) is 4.81. The van der Waals surface area contributed by atoms with E-state index >= 15 is 0 Å². The quantitative estimate of drug-likeness (QED) is 0.337. The first-order chi connectivity index (χ1) is 18.9. The van der Waals surface area contributed by atoms with Crippen molar-refractivity contribution in [3.63, 3.8) is 0 Å². The number of hydrogen-bond acceptors (Lipinski definition) is 7. The maximum atomic E-state index is 13.4. The third-order valence-electron chi connectivity index (χ3n) is 6.04. The van der Waals surface area contributed by atoms with E-state index in [2.05, 4.69) is 15.2 Å². The minimum Gasteiger partial charge on any atom is -0.493 e. The van der Waals surface area contributed by atoms with E-state index < -0.39 is 35.6 Å². The number of alkyl halides is 6. The Hall–Kier alpha value is -3.23. The Morgan fingerprint density at radius 3 is 2.48 bits per heavy atom. The molecule has 0 aromatic heterocycles. The van der Waals surface area contributed by atoms with Crippen LogP contribution in [-0.2, 0) is 28.5 Å². The molecular formula is C26H25F6N3O4S. The van der Waals surface area contributed by atoms with Crippen LogP contribution < -0.4 is 14.8 Å². The number of nitrogens with one attached hydrogen (secondary N) is 1. The number of aliphatic imine (C=N–C) groups is 1. The predicted octanol–water partition coefficient (Wildman–Crippen LogP) is 5.20. The number of amidine groups is 1. The third-order valence-corrected chi connectivity index (χ3v) is 6.99. The molecule has 216 valence electrons. The molecule has 1 N–H and O–H groups in total. The normalized spacial score (nSPS) is 18.8. The van der Waals surface area contributed by atoms with Gasteiger partial charge < -0.3 is 19.5 Å². The van der Waals surface area contributed by atoms with Crippen molar-refractivity contribution in [1.82, 2.24) is 10.2 Å². The molecular weight excluding hydrogens is 564 g/mol. The lowest BCUT2D eigenvalue weighted by Crippen LogP contribution is -2.37. The van der Waals surface area contributed by atoms with Gasteiger partial charge >= 0.3 is 12.4 Å². The van der Waals surface area contributed by atoms with E-state index in [1.165, 1.54) is 31.0 Å². The van der Waals surface area contributed by atoms with E-state index in [4.69, 9.17) is 14.2 Å². The molecule has 2 aliphatic rings. The predicted molar refractivity (Wildman–Crippen MR) is 137 cm³/mol. The second-order valence-corrected chi connectivity index (χ2v) is 9.80. The number of halogens is 6. The zero-order valence-electron chi connectivity index (χ0n) is 21.2. The molecule has 0 bridgehead atoms. The lowest BCUT2D eigenvalue weighted by molar-refractivity contribution is -0.143. The molecule has 2 saturated heterocycles. The fraction of sp³-hybridized carbons (Fsp3) is 0.385. The monoisotopic (exact) mass is 589 g/mol. The van der Waals surface area contributed by atoms with Crippen LogP contribution in [0.3, 0.4) is 0 Å². The first-order valence-corrected chi connectivity index (χ1v) is 12.9. The Morgan fingerprint density at radius 1 is 1.05 bits per heavy atom. The summed E-state index contributed by atoms with van der Waals surface area (Å²) >= 11 is 1.18. The van der Waals surface area contributed by atoms with Crippen molar-refractivity contribution in [2.24, 2.45) is 4.99 Å². The van der Waals surface area contributed by atoms with Gasteiger partial charge in [-0.05, 0) is 47.7 Å². The number of amides is 1. The summed E-state index contributed by atoms with van der Waals surface area (Å²) in [6.07, 6.45) is -8.32.